The number of rotatable bonds is 8. The number of Topliss-reactive ketones (excluding diaryl/α,β-unsaturated/α-hetero) is 1. The van der Waals surface area contributed by atoms with Crippen LogP contribution in [0.3, 0.4) is 0 Å². The summed E-state index contributed by atoms with van der Waals surface area (Å²) in [7, 11) is 1.59. The fraction of sp³-hybridized carbons (Fsp3) is 0.333. The van der Waals surface area contributed by atoms with E-state index in [1.54, 1.807) is 18.1 Å². The quantitative estimate of drug-likeness (QED) is 0.204. The number of nitrogens with zero attached hydrogens (tertiary/aromatic N) is 5. The van der Waals surface area contributed by atoms with Crippen LogP contribution in [0.15, 0.2) is 52.2 Å². The number of carbonyl (C=O) groups is 2. The van der Waals surface area contributed by atoms with E-state index in [-0.39, 0.29) is 49.1 Å². The number of fused-ring (bicyclic) bond motifs is 2. The Labute approximate surface area is 257 Å². The number of ether oxygens (including phenoxy) is 1. The van der Waals surface area contributed by atoms with Crippen molar-refractivity contribution in [2.24, 2.45) is 4.99 Å². The molecule has 45 heavy (non-hydrogen) atoms. The number of hydrogen-bond acceptors (Lipinski definition) is 8. The highest BCUT2D eigenvalue weighted by Gasteiger charge is 2.33. The summed E-state index contributed by atoms with van der Waals surface area (Å²) >= 11 is 0. The first kappa shape index (κ1) is 30.2. The molecule has 4 aromatic rings. The number of halogens is 3. The summed E-state index contributed by atoms with van der Waals surface area (Å²) in [6.45, 7) is 6.00. The van der Waals surface area contributed by atoms with Gasteiger partial charge < -0.3 is 9.26 Å². The average Bonchev–Trinajstić information content (AvgIpc) is 3.66. The number of hydrogen-bond donors (Lipinski definition) is 0. The molecule has 0 fully saturated rings. The zero-order chi connectivity index (χ0) is 32.0. The van der Waals surface area contributed by atoms with Gasteiger partial charge in [-0.1, -0.05) is 18.1 Å². The van der Waals surface area contributed by atoms with Crippen molar-refractivity contribution in [1.29, 1.82) is 0 Å². The third-order valence-corrected chi connectivity index (χ3v) is 8.27. The van der Waals surface area contributed by atoms with E-state index in [0.29, 0.717) is 52.0 Å². The zero-order valence-corrected chi connectivity index (χ0v) is 25.2. The Hall–Kier alpha value is -4.87. The van der Waals surface area contributed by atoms with Crippen LogP contribution in [0.4, 0.5) is 24.7 Å². The first-order chi connectivity index (χ1) is 21.4. The summed E-state index contributed by atoms with van der Waals surface area (Å²) in [6, 6.07) is 9.08. The van der Waals surface area contributed by atoms with Crippen molar-refractivity contribution < 1.29 is 32.0 Å². The van der Waals surface area contributed by atoms with E-state index in [1.165, 1.54) is 12.4 Å². The number of carbonyl (C=O) groups excluding carboxylic acids is 2. The summed E-state index contributed by atoms with van der Waals surface area (Å²) in [5.74, 6) is 0.810. The molecule has 0 N–H and O–H groups in total. The van der Waals surface area contributed by atoms with Crippen LogP contribution in [0.25, 0.3) is 0 Å². The van der Waals surface area contributed by atoms with E-state index in [4.69, 9.17) is 9.26 Å². The lowest BCUT2D eigenvalue weighted by atomic mass is 9.94. The summed E-state index contributed by atoms with van der Waals surface area (Å²) < 4.78 is 50.6. The molecule has 0 spiro atoms. The first-order valence-electron chi connectivity index (χ1n) is 14.5. The highest BCUT2D eigenvalue weighted by Crippen LogP contribution is 2.37. The van der Waals surface area contributed by atoms with Gasteiger partial charge in [-0.2, -0.15) is 13.2 Å². The van der Waals surface area contributed by atoms with Gasteiger partial charge in [-0.25, -0.2) is 9.97 Å². The van der Waals surface area contributed by atoms with Crippen LogP contribution >= 0.6 is 0 Å². The summed E-state index contributed by atoms with van der Waals surface area (Å²) in [6.07, 6.45) is -2.34. The predicted octanol–water partition coefficient (Wildman–Crippen LogP) is 6.64. The normalized spacial score (nSPS) is 15.0. The van der Waals surface area contributed by atoms with Gasteiger partial charge in [0.1, 0.15) is 35.0 Å². The van der Waals surface area contributed by atoms with Crippen LogP contribution in [0.1, 0.15) is 81.0 Å². The number of amides is 1. The Bertz CT molecular complexity index is 1860. The van der Waals surface area contributed by atoms with Crippen molar-refractivity contribution in [3.05, 3.63) is 93.3 Å². The predicted molar refractivity (Wildman–Crippen MR) is 159 cm³/mol. The fourth-order valence-corrected chi connectivity index (χ4v) is 5.91. The Kier molecular flexibility index (Phi) is 7.75. The van der Waals surface area contributed by atoms with Gasteiger partial charge in [0.2, 0.25) is 5.91 Å². The van der Waals surface area contributed by atoms with Crippen LogP contribution in [-0.2, 0) is 30.4 Å². The molecule has 2 aliphatic heterocycles. The van der Waals surface area contributed by atoms with Crippen molar-refractivity contribution >= 4 is 28.9 Å². The van der Waals surface area contributed by atoms with Gasteiger partial charge >= 0.3 is 6.18 Å². The minimum atomic E-state index is -4.44. The molecule has 0 radical (unpaired) electrons. The Morgan fingerprint density at radius 1 is 1.11 bits per heavy atom. The van der Waals surface area contributed by atoms with Crippen molar-refractivity contribution in [2.45, 2.75) is 65.1 Å². The first-order valence-corrected chi connectivity index (χ1v) is 14.5. The molecule has 2 aliphatic rings. The molecule has 232 valence electrons. The largest absolute Gasteiger partial charge is 0.496 e. The van der Waals surface area contributed by atoms with Crippen LogP contribution in [0.2, 0.25) is 0 Å². The molecule has 1 atom stereocenters. The van der Waals surface area contributed by atoms with Crippen LogP contribution < -0.4 is 9.64 Å². The lowest BCUT2D eigenvalue weighted by Crippen LogP contribution is -2.36. The molecule has 0 bridgehead atoms. The molecule has 0 aliphatic carbocycles. The second-order valence-electron chi connectivity index (χ2n) is 11.5. The Balaban J connectivity index is 1.19. The SMILES string of the molecule is COc1cc(C)cc(C)c1CN1C(=O)CCc2c(C(=O)C[C@H](C)c3cc(C4=Nc5ccc(C(F)(F)F)cc5C4)no3)ncnc21. The van der Waals surface area contributed by atoms with Gasteiger partial charge in [0, 0.05) is 42.4 Å². The van der Waals surface area contributed by atoms with E-state index in [9.17, 15) is 22.8 Å². The monoisotopic (exact) mass is 617 g/mol. The third kappa shape index (κ3) is 5.84. The number of ketones is 1. The van der Waals surface area contributed by atoms with Gasteiger partial charge in [0.15, 0.2) is 5.78 Å². The molecule has 6 rings (SSSR count). The van der Waals surface area contributed by atoms with E-state index < -0.39 is 11.7 Å². The minimum absolute atomic E-state index is 0.0541. The Morgan fingerprint density at radius 3 is 2.67 bits per heavy atom. The standard InChI is InChI=1S/C33H30F3N5O4/c1-17-9-18(2)23(29(10-17)44-4)15-41-30(43)8-6-22-31(37-16-38-32(22)41)27(42)11-19(3)28-14-26(40-45-28)25-13-20-12-21(33(34,35)36)5-7-24(20)39-25/h5,7,9-10,12,14,16,19H,6,8,11,13,15H2,1-4H3/t19-/m0/s1. The molecule has 1 amide bonds. The molecular weight excluding hydrogens is 587 g/mol. The number of anilines is 1. The fourth-order valence-electron chi connectivity index (χ4n) is 5.91. The van der Waals surface area contributed by atoms with Crippen molar-refractivity contribution in [3.8, 4) is 5.75 Å². The number of aryl methyl sites for hydroxylation is 2. The number of aromatic nitrogens is 3. The van der Waals surface area contributed by atoms with E-state index in [2.05, 4.69) is 20.1 Å². The topological polar surface area (TPSA) is 111 Å². The zero-order valence-electron chi connectivity index (χ0n) is 25.2. The smallest absolute Gasteiger partial charge is 0.416 e. The highest BCUT2D eigenvalue weighted by molar-refractivity contribution is 6.05. The molecule has 0 unspecified atom stereocenters. The Morgan fingerprint density at radius 2 is 1.91 bits per heavy atom. The molecule has 9 nitrogen and oxygen atoms in total. The third-order valence-electron chi connectivity index (χ3n) is 8.27. The maximum atomic E-state index is 13.6. The van der Waals surface area contributed by atoms with Crippen molar-refractivity contribution in [3.63, 3.8) is 0 Å². The maximum Gasteiger partial charge on any atom is 0.416 e. The number of benzene rings is 2. The second kappa shape index (κ2) is 11.6. The molecule has 2 aromatic heterocycles. The molecule has 0 saturated heterocycles. The van der Waals surface area contributed by atoms with Crippen molar-refractivity contribution in [2.75, 3.05) is 12.0 Å². The van der Waals surface area contributed by atoms with Crippen molar-refractivity contribution in [1.82, 2.24) is 15.1 Å². The second-order valence-corrected chi connectivity index (χ2v) is 11.5. The summed E-state index contributed by atoms with van der Waals surface area (Å²) in [5, 5.41) is 4.09. The molecule has 4 heterocycles. The van der Waals surface area contributed by atoms with Gasteiger partial charge in [-0.15, -0.1) is 0 Å². The maximum absolute atomic E-state index is 13.6. The number of alkyl halides is 3. The number of aliphatic imine (C=N–C) groups is 1. The van der Waals surface area contributed by atoms with Crippen LogP contribution in [0.5, 0.6) is 5.75 Å². The lowest BCUT2D eigenvalue weighted by Gasteiger charge is -2.30. The molecule has 2 aromatic carbocycles. The van der Waals surface area contributed by atoms with E-state index in [0.717, 1.165) is 28.8 Å². The summed E-state index contributed by atoms with van der Waals surface area (Å²) in [4.78, 5) is 41.4. The highest BCUT2D eigenvalue weighted by atomic mass is 19.4. The van der Waals surface area contributed by atoms with Gasteiger partial charge in [0.05, 0.1) is 30.6 Å². The van der Waals surface area contributed by atoms with Crippen LogP contribution in [-0.4, -0.2) is 39.6 Å². The average molecular weight is 618 g/mol. The molecular formula is C33H30F3N5O4. The lowest BCUT2D eigenvalue weighted by molar-refractivity contribution is -0.137. The van der Waals surface area contributed by atoms with Crippen LogP contribution in [0, 0.1) is 13.8 Å². The molecule has 12 heteroatoms. The van der Waals surface area contributed by atoms with Gasteiger partial charge in [-0.05, 0) is 61.2 Å². The number of methoxy groups -OCH3 is 1. The molecule has 0 saturated carbocycles. The summed E-state index contributed by atoms with van der Waals surface area (Å²) in [5.41, 5.74) is 4.86. The minimum Gasteiger partial charge on any atom is -0.496 e. The van der Waals surface area contributed by atoms with Gasteiger partial charge in [-0.3, -0.25) is 19.5 Å². The van der Waals surface area contributed by atoms with E-state index in [1.807, 2.05) is 32.9 Å². The van der Waals surface area contributed by atoms with Gasteiger partial charge in [0.25, 0.3) is 0 Å². The van der Waals surface area contributed by atoms with E-state index >= 15 is 0 Å².